The first-order valence-electron chi connectivity index (χ1n) is 7.69. The molecule has 3 rings (SSSR count). The standard InChI is InChI=1S/C17H21N3OS.2ClH/c1-11-14(5-6-16(19-11)13-7-9-22-10-13)17(21)20-15-4-3-8-18-12(15)2;;/h5-7,9-10,12,15,18H,3-4,8H2,1-2H3,(H,20,21);2*1H. The largest absolute Gasteiger partial charge is 0.348 e. The molecule has 132 valence electrons. The number of halogens is 2. The highest BCUT2D eigenvalue weighted by atomic mass is 35.5. The van der Waals surface area contributed by atoms with Gasteiger partial charge in [-0.1, -0.05) is 0 Å². The second kappa shape index (κ2) is 9.37. The van der Waals surface area contributed by atoms with Crippen LogP contribution < -0.4 is 10.6 Å². The first kappa shape index (κ1) is 20.9. The Labute approximate surface area is 159 Å². The number of hydrogen-bond acceptors (Lipinski definition) is 4. The molecule has 1 amide bonds. The number of amides is 1. The summed E-state index contributed by atoms with van der Waals surface area (Å²) < 4.78 is 0. The van der Waals surface area contributed by atoms with Crippen LogP contribution in [0.15, 0.2) is 29.0 Å². The normalized spacial score (nSPS) is 19.8. The van der Waals surface area contributed by atoms with Crippen molar-refractivity contribution < 1.29 is 4.79 Å². The Morgan fingerprint density at radius 1 is 1.33 bits per heavy atom. The van der Waals surface area contributed by atoms with Crippen LogP contribution >= 0.6 is 36.2 Å². The third-order valence-electron chi connectivity index (χ3n) is 4.23. The van der Waals surface area contributed by atoms with Crippen molar-refractivity contribution in [2.24, 2.45) is 0 Å². The van der Waals surface area contributed by atoms with Crippen LogP contribution in [-0.2, 0) is 0 Å². The van der Waals surface area contributed by atoms with Crippen molar-refractivity contribution >= 4 is 42.1 Å². The third-order valence-corrected chi connectivity index (χ3v) is 4.91. The number of nitrogens with zero attached hydrogens (tertiary/aromatic N) is 1. The van der Waals surface area contributed by atoms with Gasteiger partial charge in [0.1, 0.15) is 0 Å². The lowest BCUT2D eigenvalue weighted by Crippen LogP contribution is -2.52. The second-order valence-electron chi connectivity index (χ2n) is 5.81. The van der Waals surface area contributed by atoms with Crippen molar-refractivity contribution in [3.05, 3.63) is 40.2 Å². The van der Waals surface area contributed by atoms with E-state index in [1.807, 2.05) is 30.5 Å². The van der Waals surface area contributed by atoms with Crippen molar-refractivity contribution in [1.29, 1.82) is 0 Å². The zero-order chi connectivity index (χ0) is 15.5. The minimum Gasteiger partial charge on any atom is -0.348 e. The van der Waals surface area contributed by atoms with Gasteiger partial charge in [0.2, 0.25) is 0 Å². The van der Waals surface area contributed by atoms with Gasteiger partial charge < -0.3 is 10.6 Å². The fraction of sp³-hybridized carbons (Fsp3) is 0.412. The summed E-state index contributed by atoms with van der Waals surface area (Å²) in [5, 5.41) is 10.6. The Hall–Kier alpha value is -1.14. The maximum absolute atomic E-state index is 12.5. The molecule has 24 heavy (non-hydrogen) atoms. The van der Waals surface area contributed by atoms with Crippen LogP contribution in [0.4, 0.5) is 0 Å². The zero-order valence-corrected chi connectivity index (χ0v) is 16.2. The number of nitrogens with one attached hydrogen (secondary N) is 2. The van der Waals surface area contributed by atoms with E-state index < -0.39 is 0 Å². The fourth-order valence-corrected chi connectivity index (χ4v) is 3.51. The predicted molar refractivity (Wildman–Crippen MR) is 105 cm³/mol. The Kier molecular flexibility index (Phi) is 8.16. The van der Waals surface area contributed by atoms with Crippen LogP contribution in [0.3, 0.4) is 0 Å². The summed E-state index contributed by atoms with van der Waals surface area (Å²) in [6.45, 7) is 5.05. The SMILES string of the molecule is Cc1nc(-c2ccsc2)ccc1C(=O)NC1CCCNC1C.Cl.Cl. The van der Waals surface area contributed by atoms with E-state index in [1.165, 1.54) is 0 Å². The summed E-state index contributed by atoms with van der Waals surface area (Å²) >= 11 is 1.65. The molecule has 1 aliphatic heterocycles. The van der Waals surface area contributed by atoms with Crippen LogP contribution in [0.5, 0.6) is 0 Å². The monoisotopic (exact) mass is 387 g/mol. The number of hydrogen-bond donors (Lipinski definition) is 2. The van der Waals surface area contributed by atoms with Crippen LogP contribution in [0, 0.1) is 6.92 Å². The highest BCUT2D eigenvalue weighted by Gasteiger charge is 2.23. The number of piperidine rings is 1. The van der Waals surface area contributed by atoms with Crippen molar-refractivity contribution in [2.45, 2.75) is 38.8 Å². The first-order valence-corrected chi connectivity index (χ1v) is 8.64. The second-order valence-corrected chi connectivity index (χ2v) is 6.59. The third kappa shape index (κ3) is 4.70. The molecule has 2 aromatic rings. The molecule has 0 spiro atoms. The summed E-state index contributed by atoms with van der Waals surface area (Å²) in [6.07, 6.45) is 2.13. The fourth-order valence-electron chi connectivity index (χ4n) is 2.86. The molecule has 2 N–H and O–H groups in total. The Bertz CT molecular complexity index is 664. The molecular formula is C17H23Cl2N3OS. The summed E-state index contributed by atoms with van der Waals surface area (Å²) in [6, 6.07) is 6.35. The molecular weight excluding hydrogens is 365 g/mol. The van der Waals surface area contributed by atoms with Gasteiger partial charge in [-0.2, -0.15) is 11.3 Å². The molecule has 1 saturated heterocycles. The van der Waals surface area contributed by atoms with Crippen LogP contribution in [0.25, 0.3) is 11.3 Å². The number of aromatic nitrogens is 1. The van der Waals surface area contributed by atoms with Gasteiger partial charge in [0.05, 0.1) is 17.0 Å². The Balaban J connectivity index is 0.00000144. The van der Waals surface area contributed by atoms with Crippen molar-refractivity contribution in [3.63, 3.8) is 0 Å². The minimum absolute atomic E-state index is 0. The maximum atomic E-state index is 12.5. The molecule has 1 fully saturated rings. The van der Waals surface area contributed by atoms with Crippen LogP contribution in [0.1, 0.15) is 35.8 Å². The van der Waals surface area contributed by atoms with Gasteiger partial charge in [-0.15, -0.1) is 24.8 Å². The lowest BCUT2D eigenvalue weighted by molar-refractivity contribution is 0.0919. The Morgan fingerprint density at radius 3 is 2.75 bits per heavy atom. The average Bonchev–Trinajstić information content (AvgIpc) is 3.03. The van der Waals surface area contributed by atoms with Crippen LogP contribution in [0.2, 0.25) is 0 Å². The lowest BCUT2D eigenvalue weighted by Gasteiger charge is -2.30. The summed E-state index contributed by atoms with van der Waals surface area (Å²) in [5.74, 6) is -0.0255. The lowest BCUT2D eigenvalue weighted by atomic mass is 9.99. The number of thiophene rings is 1. The summed E-state index contributed by atoms with van der Waals surface area (Å²) in [5.41, 5.74) is 3.46. The minimum atomic E-state index is -0.0255. The van der Waals surface area contributed by atoms with E-state index in [-0.39, 0.29) is 36.8 Å². The van der Waals surface area contributed by atoms with Crippen molar-refractivity contribution in [1.82, 2.24) is 15.6 Å². The molecule has 2 unspecified atom stereocenters. The number of aryl methyl sites for hydroxylation is 1. The number of rotatable bonds is 3. The molecule has 4 nitrogen and oxygen atoms in total. The molecule has 1 aliphatic rings. The number of pyridine rings is 1. The van der Waals surface area contributed by atoms with Gasteiger partial charge in [-0.3, -0.25) is 9.78 Å². The molecule has 0 bridgehead atoms. The van der Waals surface area contributed by atoms with E-state index in [1.54, 1.807) is 11.3 Å². The van der Waals surface area contributed by atoms with Crippen LogP contribution in [-0.4, -0.2) is 29.5 Å². The Morgan fingerprint density at radius 2 is 2.12 bits per heavy atom. The topological polar surface area (TPSA) is 54.0 Å². The van der Waals surface area contributed by atoms with Crippen molar-refractivity contribution in [2.75, 3.05) is 6.54 Å². The van der Waals surface area contributed by atoms with E-state index in [4.69, 9.17) is 0 Å². The number of carbonyl (C=O) groups is 1. The zero-order valence-electron chi connectivity index (χ0n) is 13.7. The van der Waals surface area contributed by atoms with Gasteiger partial charge in [0.15, 0.2) is 0 Å². The van der Waals surface area contributed by atoms with E-state index in [0.29, 0.717) is 11.6 Å². The molecule has 2 atom stereocenters. The molecule has 0 aliphatic carbocycles. The quantitative estimate of drug-likeness (QED) is 0.840. The molecule has 7 heteroatoms. The van der Waals surface area contributed by atoms with E-state index in [9.17, 15) is 4.79 Å². The van der Waals surface area contributed by atoms with Crippen molar-refractivity contribution in [3.8, 4) is 11.3 Å². The van der Waals surface area contributed by atoms with E-state index >= 15 is 0 Å². The highest BCUT2D eigenvalue weighted by Crippen LogP contribution is 2.21. The molecule has 2 aromatic heterocycles. The summed E-state index contributed by atoms with van der Waals surface area (Å²) in [7, 11) is 0. The smallest absolute Gasteiger partial charge is 0.253 e. The maximum Gasteiger partial charge on any atom is 0.253 e. The highest BCUT2D eigenvalue weighted by molar-refractivity contribution is 7.08. The molecule has 0 saturated carbocycles. The first-order chi connectivity index (χ1) is 10.6. The van der Waals surface area contributed by atoms with Gasteiger partial charge in [0, 0.05) is 23.0 Å². The molecule has 0 radical (unpaired) electrons. The predicted octanol–water partition coefficient (Wildman–Crippen LogP) is 3.83. The van der Waals surface area contributed by atoms with Gasteiger partial charge in [0.25, 0.3) is 5.91 Å². The van der Waals surface area contributed by atoms with Gasteiger partial charge >= 0.3 is 0 Å². The summed E-state index contributed by atoms with van der Waals surface area (Å²) in [4.78, 5) is 17.1. The van der Waals surface area contributed by atoms with Gasteiger partial charge in [-0.25, -0.2) is 0 Å². The van der Waals surface area contributed by atoms with E-state index in [0.717, 1.165) is 36.3 Å². The van der Waals surface area contributed by atoms with E-state index in [2.05, 4.69) is 27.9 Å². The molecule has 0 aromatic carbocycles. The molecule has 3 heterocycles. The number of carbonyl (C=O) groups excluding carboxylic acids is 1. The average molecular weight is 388 g/mol. The van der Waals surface area contributed by atoms with Gasteiger partial charge in [-0.05, 0) is 56.8 Å².